The van der Waals surface area contributed by atoms with Crippen molar-refractivity contribution >= 4 is 11.3 Å². The van der Waals surface area contributed by atoms with Gasteiger partial charge in [0.25, 0.3) is 0 Å². The second-order valence-electron chi connectivity index (χ2n) is 4.53. The van der Waals surface area contributed by atoms with Crippen molar-refractivity contribution in [2.45, 2.75) is 13.1 Å². The molecular weight excluding hydrogens is 273 g/mol. The lowest BCUT2D eigenvalue weighted by atomic mass is 10.1. The third-order valence-corrected chi connectivity index (χ3v) is 3.96. The van der Waals surface area contributed by atoms with Crippen molar-refractivity contribution in [1.29, 1.82) is 0 Å². The van der Waals surface area contributed by atoms with E-state index in [2.05, 4.69) is 5.32 Å². The first-order chi connectivity index (χ1) is 9.83. The maximum absolute atomic E-state index is 13.9. The fraction of sp³-hybridized carbons (Fsp3) is 0.125. The van der Waals surface area contributed by atoms with E-state index >= 15 is 0 Å². The Morgan fingerprint density at radius 3 is 2.75 bits per heavy atom. The zero-order valence-corrected chi connectivity index (χ0v) is 11.6. The molecule has 3 rings (SSSR count). The molecule has 1 aromatic carbocycles. The van der Waals surface area contributed by atoms with Gasteiger partial charge in [-0.05, 0) is 35.2 Å². The largest absolute Gasteiger partial charge is 0.472 e. The van der Waals surface area contributed by atoms with Crippen molar-refractivity contribution < 1.29 is 8.81 Å². The van der Waals surface area contributed by atoms with E-state index in [4.69, 9.17) is 4.42 Å². The third kappa shape index (κ3) is 2.98. The van der Waals surface area contributed by atoms with Gasteiger partial charge in [-0.3, -0.25) is 0 Å². The summed E-state index contributed by atoms with van der Waals surface area (Å²) in [6.45, 7) is 1.44. The fourth-order valence-corrected chi connectivity index (χ4v) is 2.79. The van der Waals surface area contributed by atoms with Gasteiger partial charge in [0.15, 0.2) is 0 Å². The molecule has 0 saturated carbocycles. The molecule has 0 aliphatic heterocycles. The van der Waals surface area contributed by atoms with Crippen molar-refractivity contribution in [1.82, 2.24) is 5.32 Å². The zero-order valence-electron chi connectivity index (χ0n) is 10.8. The highest BCUT2D eigenvalue weighted by Gasteiger charge is 2.07. The lowest BCUT2D eigenvalue weighted by Crippen LogP contribution is -2.12. The number of nitrogens with one attached hydrogen (secondary N) is 1. The topological polar surface area (TPSA) is 25.2 Å². The molecule has 0 spiro atoms. The molecule has 1 N–H and O–H groups in total. The summed E-state index contributed by atoms with van der Waals surface area (Å²) in [4.78, 5) is 0.958. The summed E-state index contributed by atoms with van der Waals surface area (Å²) in [5.41, 5.74) is 2.84. The molecule has 2 nitrogen and oxygen atoms in total. The Kier molecular flexibility index (Phi) is 3.95. The molecule has 0 aliphatic rings. The van der Waals surface area contributed by atoms with E-state index in [0.29, 0.717) is 12.1 Å². The molecule has 3 aromatic rings. The molecule has 0 fully saturated rings. The van der Waals surface area contributed by atoms with Crippen LogP contribution in [0.25, 0.3) is 10.4 Å². The number of furan rings is 1. The number of thiophene rings is 1. The van der Waals surface area contributed by atoms with Crippen LogP contribution >= 0.6 is 11.3 Å². The predicted molar refractivity (Wildman–Crippen MR) is 79.0 cm³/mol. The van der Waals surface area contributed by atoms with E-state index in [1.165, 1.54) is 6.07 Å². The number of halogens is 1. The van der Waals surface area contributed by atoms with Gasteiger partial charge in [0, 0.05) is 29.1 Å². The van der Waals surface area contributed by atoms with Crippen LogP contribution in [0.3, 0.4) is 0 Å². The minimum atomic E-state index is -0.175. The number of hydrogen-bond donors (Lipinski definition) is 1. The normalized spacial score (nSPS) is 10.8. The number of rotatable bonds is 5. The molecular formula is C16H14FNOS. The van der Waals surface area contributed by atoms with Crippen molar-refractivity contribution in [2.24, 2.45) is 0 Å². The van der Waals surface area contributed by atoms with Gasteiger partial charge in [-0.1, -0.05) is 12.1 Å². The smallest absolute Gasteiger partial charge is 0.131 e. The Hall–Kier alpha value is -1.91. The van der Waals surface area contributed by atoms with Gasteiger partial charge in [0.2, 0.25) is 0 Å². The number of benzene rings is 1. The summed E-state index contributed by atoms with van der Waals surface area (Å²) in [5.74, 6) is -0.175. The first-order valence-electron chi connectivity index (χ1n) is 6.37. The summed E-state index contributed by atoms with van der Waals surface area (Å²) in [5, 5.41) is 5.27. The highest BCUT2D eigenvalue weighted by atomic mass is 32.1. The standard InChI is InChI=1S/C16H14FNOS/c17-15-4-3-12(8-14(15)16-2-1-7-20-16)9-18-10-13-5-6-19-11-13/h1-8,11,18H,9-10H2. The quantitative estimate of drug-likeness (QED) is 0.750. The summed E-state index contributed by atoms with van der Waals surface area (Å²) in [6, 6.07) is 11.0. The molecule has 0 amide bonds. The highest BCUT2D eigenvalue weighted by molar-refractivity contribution is 7.13. The second-order valence-corrected chi connectivity index (χ2v) is 5.47. The van der Waals surface area contributed by atoms with Gasteiger partial charge in [-0.25, -0.2) is 4.39 Å². The summed E-state index contributed by atoms with van der Waals surface area (Å²) in [7, 11) is 0. The van der Waals surface area contributed by atoms with E-state index in [-0.39, 0.29) is 5.82 Å². The molecule has 2 aromatic heterocycles. The monoisotopic (exact) mass is 287 g/mol. The van der Waals surface area contributed by atoms with Gasteiger partial charge in [-0.2, -0.15) is 0 Å². The molecule has 0 saturated heterocycles. The lowest BCUT2D eigenvalue weighted by Gasteiger charge is -2.06. The zero-order chi connectivity index (χ0) is 13.8. The van der Waals surface area contributed by atoms with Crippen LogP contribution in [0.2, 0.25) is 0 Å². The van der Waals surface area contributed by atoms with Gasteiger partial charge in [0.1, 0.15) is 5.82 Å². The van der Waals surface area contributed by atoms with Crippen LogP contribution in [-0.2, 0) is 13.1 Å². The second kappa shape index (κ2) is 6.03. The van der Waals surface area contributed by atoms with E-state index < -0.39 is 0 Å². The molecule has 2 heterocycles. The Morgan fingerprint density at radius 2 is 2.00 bits per heavy atom. The molecule has 102 valence electrons. The molecule has 20 heavy (non-hydrogen) atoms. The highest BCUT2D eigenvalue weighted by Crippen LogP contribution is 2.28. The van der Waals surface area contributed by atoms with E-state index in [0.717, 1.165) is 22.5 Å². The van der Waals surface area contributed by atoms with Crippen LogP contribution < -0.4 is 5.32 Å². The van der Waals surface area contributed by atoms with Crippen LogP contribution in [0.15, 0.2) is 58.7 Å². The van der Waals surface area contributed by atoms with Crippen LogP contribution in [0.1, 0.15) is 11.1 Å². The van der Waals surface area contributed by atoms with Crippen LogP contribution in [-0.4, -0.2) is 0 Å². The molecule has 4 heteroatoms. The van der Waals surface area contributed by atoms with Gasteiger partial charge in [0.05, 0.1) is 12.5 Å². The minimum Gasteiger partial charge on any atom is -0.472 e. The average molecular weight is 287 g/mol. The Labute approximate surface area is 120 Å². The lowest BCUT2D eigenvalue weighted by molar-refractivity contribution is 0.560. The molecule has 0 radical (unpaired) electrons. The molecule has 0 bridgehead atoms. The Bertz CT molecular complexity index is 662. The molecule has 0 atom stereocenters. The van der Waals surface area contributed by atoms with Crippen LogP contribution in [0.5, 0.6) is 0 Å². The summed E-state index contributed by atoms with van der Waals surface area (Å²) >= 11 is 1.55. The van der Waals surface area contributed by atoms with Crippen molar-refractivity contribution in [3.63, 3.8) is 0 Å². The average Bonchev–Trinajstić information content (AvgIpc) is 3.13. The van der Waals surface area contributed by atoms with E-state index in [1.807, 2.05) is 35.7 Å². The number of hydrogen-bond acceptors (Lipinski definition) is 3. The molecule has 0 aliphatic carbocycles. The van der Waals surface area contributed by atoms with E-state index in [1.54, 1.807) is 23.9 Å². The molecule has 0 unspecified atom stereocenters. The van der Waals surface area contributed by atoms with E-state index in [9.17, 15) is 4.39 Å². The van der Waals surface area contributed by atoms with Crippen molar-refractivity contribution in [2.75, 3.05) is 0 Å². The van der Waals surface area contributed by atoms with Crippen LogP contribution in [0, 0.1) is 5.82 Å². The summed E-state index contributed by atoms with van der Waals surface area (Å²) in [6.07, 6.45) is 3.37. The first kappa shape index (κ1) is 13.1. The van der Waals surface area contributed by atoms with Gasteiger partial charge < -0.3 is 9.73 Å². The first-order valence-corrected chi connectivity index (χ1v) is 7.25. The van der Waals surface area contributed by atoms with Crippen molar-refractivity contribution in [3.8, 4) is 10.4 Å². The maximum Gasteiger partial charge on any atom is 0.131 e. The van der Waals surface area contributed by atoms with Crippen molar-refractivity contribution in [3.05, 3.63) is 71.2 Å². The SMILES string of the molecule is Fc1ccc(CNCc2ccoc2)cc1-c1cccs1. The maximum atomic E-state index is 13.9. The van der Waals surface area contributed by atoms with Crippen LogP contribution in [0.4, 0.5) is 4.39 Å². The van der Waals surface area contributed by atoms with Gasteiger partial charge >= 0.3 is 0 Å². The predicted octanol–water partition coefficient (Wildman–Crippen LogP) is 4.44. The fourth-order valence-electron chi connectivity index (χ4n) is 2.05. The minimum absolute atomic E-state index is 0.175. The third-order valence-electron chi connectivity index (χ3n) is 3.06. The van der Waals surface area contributed by atoms with Gasteiger partial charge in [-0.15, -0.1) is 11.3 Å². The summed E-state index contributed by atoms with van der Waals surface area (Å²) < 4.78 is 18.9. The Balaban J connectivity index is 1.69. The Morgan fingerprint density at radius 1 is 1.10 bits per heavy atom.